The fourth-order valence-electron chi connectivity index (χ4n) is 2.05. The predicted octanol–water partition coefficient (Wildman–Crippen LogP) is 2.68. The summed E-state index contributed by atoms with van der Waals surface area (Å²) in [6.45, 7) is 7.02. The molecule has 0 aromatic carbocycles. The van der Waals surface area contributed by atoms with Crippen LogP contribution in [0.15, 0.2) is 12.2 Å². The minimum absolute atomic E-state index is 0.557. The van der Waals surface area contributed by atoms with Crippen LogP contribution in [0.1, 0.15) is 33.1 Å². The van der Waals surface area contributed by atoms with Crippen LogP contribution in [0.25, 0.3) is 0 Å². The molecule has 0 aromatic heterocycles. The summed E-state index contributed by atoms with van der Waals surface area (Å²) in [6, 6.07) is 0. The van der Waals surface area contributed by atoms with E-state index in [1.54, 1.807) is 0 Å². The fraction of sp³-hybridized carbons (Fsp3) is 0.818. The number of nitrogens with zero attached hydrogens (tertiary/aromatic N) is 1. The molecule has 0 aliphatic carbocycles. The standard InChI is InChI=1S/C11H21N/c1-4-11(5-2)8-6-7-9-12(3)10-11/h6-7H,4-5,8-10H2,1-3H3. The van der Waals surface area contributed by atoms with E-state index in [9.17, 15) is 0 Å². The van der Waals surface area contributed by atoms with Crippen LogP contribution < -0.4 is 0 Å². The first-order valence-corrected chi connectivity index (χ1v) is 5.06. The smallest absolute Gasteiger partial charge is 0.0160 e. The minimum atomic E-state index is 0.557. The van der Waals surface area contributed by atoms with Crippen molar-refractivity contribution in [1.82, 2.24) is 4.90 Å². The number of allylic oxidation sites excluding steroid dienone is 1. The first-order chi connectivity index (χ1) is 5.72. The number of hydrogen-bond donors (Lipinski definition) is 0. The van der Waals surface area contributed by atoms with Crippen molar-refractivity contribution in [3.05, 3.63) is 12.2 Å². The number of likely N-dealkylation sites (N-methyl/N-ethyl adjacent to an activating group) is 1. The normalized spacial score (nSPS) is 23.9. The van der Waals surface area contributed by atoms with Gasteiger partial charge in [0.25, 0.3) is 0 Å². The molecule has 1 heterocycles. The monoisotopic (exact) mass is 167 g/mol. The third kappa shape index (κ3) is 2.10. The van der Waals surface area contributed by atoms with E-state index in [0.717, 1.165) is 6.54 Å². The largest absolute Gasteiger partial charge is 0.302 e. The van der Waals surface area contributed by atoms with Gasteiger partial charge in [0.05, 0.1) is 0 Å². The maximum Gasteiger partial charge on any atom is 0.0160 e. The third-order valence-electron chi connectivity index (χ3n) is 3.24. The average molecular weight is 167 g/mol. The summed E-state index contributed by atoms with van der Waals surface area (Å²) in [5, 5.41) is 0. The first-order valence-electron chi connectivity index (χ1n) is 5.06. The topological polar surface area (TPSA) is 3.24 Å². The molecular formula is C11H21N. The van der Waals surface area contributed by atoms with E-state index in [4.69, 9.17) is 0 Å². The molecule has 1 aliphatic rings. The van der Waals surface area contributed by atoms with Gasteiger partial charge in [-0.05, 0) is 31.7 Å². The molecule has 0 N–H and O–H groups in total. The zero-order valence-electron chi connectivity index (χ0n) is 8.64. The van der Waals surface area contributed by atoms with Crippen LogP contribution in [0, 0.1) is 5.41 Å². The van der Waals surface area contributed by atoms with E-state index in [1.807, 2.05) is 0 Å². The van der Waals surface area contributed by atoms with E-state index < -0.39 is 0 Å². The Hall–Kier alpha value is -0.300. The lowest BCUT2D eigenvalue weighted by Crippen LogP contribution is -2.33. The van der Waals surface area contributed by atoms with Crippen LogP contribution in [-0.2, 0) is 0 Å². The molecule has 1 heteroatoms. The fourth-order valence-corrected chi connectivity index (χ4v) is 2.05. The lowest BCUT2D eigenvalue weighted by Gasteiger charge is -2.33. The van der Waals surface area contributed by atoms with Crippen LogP contribution >= 0.6 is 0 Å². The third-order valence-corrected chi connectivity index (χ3v) is 3.24. The van der Waals surface area contributed by atoms with E-state index >= 15 is 0 Å². The molecule has 0 fully saturated rings. The highest BCUT2D eigenvalue weighted by Crippen LogP contribution is 2.33. The van der Waals surface area contributed by atoms with Gasteiger partial charge in [-0.15, -0.1) is 0 Å². The second-order valence-electron chi connectivity index (χ2n) is 4.08. The summed E-state index contributed by atoms with van der Waals surface area (Å²) in [4.78, 5) is 2.43. The molecule has 0 saturated heterocycles. The molecule has 0 saturated carbocycles. The molecule has 0 spiro atoms. The van der Waals surface area contributed by atoms with E-state index in [1.165, 1.54) is 25.8 Å². The molecule has 0 unspecified atom stereocenters. The molecule has 0 atom stereocenters. The summed E-state index contributed by atoms with van der Waals surface area (Å²) >= 11 is 0. The lowest BCUT2D eigenvalue weighted by atomic mass is 9.79. The lowest BCUT2D eigenvalue weighted by molar-refractivity contribution is 0.178. The highest BCUT2D eigenvalue weighted by atomic mass is 15.1. The van der Waals surface area contributed by atoms with E-state index in [0.29, 0.717) is 5.41 Å². The van der Waals surface area contributed by atoms with Gasteiger partial charge in [-0.2, -0.15) is 0 Å². The van der Waals surface area contributed by atoms with Gasteiger partial charge in [0.15, 0.2) is 0 Å². The summed E-state index contributed by atoms with van der Waals surface area (Å²) in [6.07, 6.45) is 8.53. The summed E-state index contributed by atoms with van der Waals surface area (Å²) < 4.78 is 0. The van der Waals surface area contributed by atoms with Crippen LogP contribution in [0.4, 0.5) is 0 Å². The molecule has 70 valence electrons. The van der Waals surface area contributed by atoms with Crippen molar-refractivity contribution in [3.8, 4) is 0 Å². The Bertz CT molecular complexity index is 156. The summed E-state index contributed by atoms with van der Waals surface area (Å²) in [5.74, 6) is 0. The van der Waals surface area contributed by atoms with Crippen molar-refractivity contribution in [2.75, 3.05) is 20.1 Å². The summed E-state index contributed by atoms with van der Waals surface area (Å²) in [5.41, 5.74) is 0.557. The Labute approximate surface area is 76.5 Å². The minimum Gasteiger partial charge on any atom is -0.302 e. The SMILES string of the molecule is CCC1(CC)CC=CCN(C)C1. The van der Waals surface area contributed by atoms with Crippen molar-refractivity contribution in [2.24, 2.45) is 5.41 Å². The summed E-state index contributed by atoms with van der Waals surface area (Å²) in [7, 11) is 2.22. The molecule has 0 radical (unpaired) electrons. The van der Waals surface area contributed by atoms with Crippen LogP contribution in [0.5, 0.6) is 0 Å². The number of hydrogen-bond acceptors (Lipinski definition) is 1. The highest BCUT2D eigenvalue weighted by Gasteiger charge is 2.27. The molecule has 0 amide bonds. The Morgan fingerprint density at radius 1 is 1.25 bits per heavy atom. The number of rotatable bonds is 2. The van der Waals surface area contributed by atoms with Gasteiger partial charge in [0, 0.05) is 13.1 Å². The second kappa shape index (κ2) is 4.08. The van der Waals surface area contributed by atoms with Gasteiger partial charge in [-0.3, -0.25) is 0 Å². The molecule has 12 heavy (non-hydrogen) atoms. The van der Waals surface area contributed by atoms with Crippen molar-refractivity contribution in [3.63, 3.8) is 0 Å². The first kappa shape index (κ1) is 9.79. The Morgan fingerprint density at radius 3 is 2.50 bits per heavy atom. The maximum atomic E-state index is 2.43. The predicted molar refractivity (Wildman–Crippen MR) is 54.3 cm³/mol. The van der Waals surface area contributed by atoms with E-state index in [2.05, 4.69) is 37.9 Å². The molecule has 0 aromatic rings. The van der Waals surface area contributed by atoms with Crippen LogP contribution in [-0.4, -0.2) is 25.0 Å². The van der Waals surface area contributed by atoms with E-state index in [-0.39, 0.29) is 0 Å². The van der Waals surface area contributed by atoms with Gasteiger partial charge >= 0.3 is 0 Å². The van der Waals surface area contributed by atoms with Crippen molar-refractivity contribution >= 4 is 0 Å². The Balaban J connectivity index is 2.67. The molecule has 0 bridgehead atoms. The van der Waals surface area contributed by atoms with Crippen molar-refractivity contribution in [2.45, 2.75) is 33.1 Å². The average Bonchev–Trinajstić information content (AvgIpc) is 2.28. The zero-order chi connectivity index (χ0) is 9.03. The van der Waals surface area contributed by atoms with Gasteiger partial charge < -0.3 is 4.90 Å². The van der Waals surface area contributed by atoms with Crippen molar-refractivity contribution < 1.29 is 0 Å². The van der Waals surface area contributed by atoms with Crippen LogP contribution in [0.3, 0.4) is 0 Å². The van der Waals surface area contributed by atoms with Gasteiger partial charge in [0.1, 0.15) is 0 Å². The Kier molecular flexibility index (Phi) is 3.33. The molecule has 1 aliphatic heterocycles. The quantitative estimate of drug-likeness (QED) is 0.572. The second-order valence-corrected chi connectivity index (χ2v) is 4.08. The maximum absolute atomic E-state index is 2.43. The van der Waals surface area contributed by atoms with Crippen LogP contribution in [0.2, 0.25) is 0 Å². The highest BCUT2D eigenvalue weighted by molar-refractivity contribution is 4.96. The molecule has 1 rings (SSSR count). The zero-order valence-corrected chi connectivity index (χ0v) is 8.64. The van der Waals surface area contributed by atoms with Crippen molar-refractivity contribution in [1.29, 1.82) is 0 Å². The Morgan fingerprint density at radius 2 is 1.92 bits per heavy atom. The molecule has 1 nitrogen and oxygen atoms in total. The van der Waals surface area contributed by atoms with Gasteiger partial charge in [-0.25, -0.2) is 0 Å². The van der Waals surface area contributed by atoms with Gasteiger partial charge in [-0.1, -0.05) is 26.0 Å². The van der Waals surface area contributed by atoms with Gasteiger partial charge in [0.2, 0.25) is 0 Å². The molecular weight excluding hydrogens is 146 g/mol.